The van der Waals surface area contributed by atoms with E-state index in [1.807, 2.05) is 29.2 Å². The number of nitrogens with one attached hydrogen (secondary N) is 1. The van der Waals surface area contributed by atoms with Crippen LogP contribution in [0.5, 0.6) is 0 Å². The van der Waals surface area contributed by atoms with Gasteiger partial charge in [-0.25, -0.2) is 4.79 Å². The molecule has 1 aromatic heterocycles. The number of hydrogen-bond acceptors (Lipinski definition) is 4. The number of hydrogen-bond donors (Lipinski definition) is 2. The molecule has 9 nitrogen and oxygen atoms in total. The maximum atomic E-state index is 13.6. The van der Waals surface area contributed by atoms with Crippen LogP contribution < -0.4 is 10.2 Å². The Morgan fingerprint density at radius 2 is 1.88 bits per heavy atom. The maximum absolute atomic E-state index is 13.6. The third-order valence-electron chi connectivity index (χ3n) is 8.72. The summed E-state index contributed by atoms with van der Waals surface area (Å²) in [6.45, 7) is 5.76. The quantitative estimate of drug-likeness (QED) is 0.311. The van der Waals surface area contributed by atoms with Gasteiger partial charge in [0.25, 0.3) is 0 Å². The van der Waals surface area contributed by atoms with E-state index < -0.39 is 12.1 Å². The Morgan fingerprint density at radius 3 is 2.60 bits per heavy atom. The van der Waals surface area contributed by atoms with Crippen LogP contribution in [0.25, 0.3) is 10.9 Å². The SMILES string of the molecule is COCCCn1c(C2CCCN(C(=O)C[C@@H](Cc3ccc(N4CCCC4=O)cc3)NC(=O)O)C2)c(C)c2ccccc21. The van der Waals surface area contributed by atoms with Crippen LogP contribution in [0.15, 0.2) is 48.5 Å². The molecule has 42 heavy (non-hydrogen) atoms. The summed E-state index contributed by atoms with van der Waals surface area (Å²) in [5, 5.41) is 13.3. The molecule has 2 fully saturated rings. The molecule has 3 heterocycles. The van der Waals surface area contributed by atoms with Gasteiger partial charge in [-0.2, -0.15) is 0 Å². The van der Waals surface area contributed by atoms with E-state index in [1.54, 1.807) is 12.0 Å². The first-order valence-electron chi connectivity index (χ1n) is 15.1. The van der Waals surface area contributed by atoms with Crippen LogP contribution in [0.4, 0.5) is 10.5 Å². The second-order valence-electron chi connectivity index (χ2n) is 11.6. The molecule has 224 valence electrons. The van der Waals surface area contributed by atoms with Crippen LogP contribution in [0.1, 0.15) is 61.3 Å². The standard InChI is InChI=1S/C33H42N4O5/c1-23-28-9-3-4-10-29(28)37(18-7-19-42-2)32(23)25-8-5-16-35(22-25)31(39)21-26(34-33(40)41)20-24-12-14-27(15-13-24)36-17-6-11-30(36)38/h3-4,9-10,12-15,25-26,34H,5-8,11,16-22H2,1-2H3,(H,40,41)/t25?,26-/m1/s1. The van der Waals surface area contributed by atoms with Gasteiger partial charge in [0.1, 0.15) is 0 Å². The van der Waals surface area contributed by atoms with Crippen molar-refractivity contribution in [1.29, 1.82) is 0 Å². The Labute approximate surface area is 247 Å². The number of carbonyl (C=O) groups is 3. The maximum Gasteiger partial charge on any atom is 0.404 e. The third-order valence-corrected chi connectivity index (χ3v) is 8.72. The Balaban J connectivity index is 1.29. The number of benzene rings is 2. The molecule has 2 aliphatic heterocycles. The van der Waals surface area contributed by atoms with Gasteiger partial charge in [0, 0.05) is 87.0 Å². The van der Waals surface area contributed by atoms with Crippen molar-refractivity contribution in [3.8, 4) is 0 Å². The topological polar surface area (TPSA) is 104 Å². The highest BCUT2D eigenvalue weighted by Gasteiger charge is 2.30. The number of ether oxygens (including phenoxy) is 1. The predicted molar refractivity (Wildman–Crippen MR) is 163 cm³/mol. The van der Waals surface area contributed by atoms with E-state index in [1.165, 1.54) is 22.2 Å². The number of para-hydroxylation sites is 1. The number of aryl methyl sites for hydroxylation is 2. The van der Waals surface area contributed by atoms with E-state index in [4.69, 9.17) is 4.74 Å². The second-order valence-corrected chi connectivity index (χ2v) is 11.6. The number of carbonyl (C=O) groups excluding carboxylic acids is 2. The monoisotopic (exact) mass is 574 g/mol. The lowest BCUT2D eigenvalue weighted by Gasteiger charge is -2.35. The summed E-state index contributed by atoms with van der Waals surface area (Å²) in [5.74, 6) is 0.311. The summed E-state index contributed by atoms with van der Waals surface area (Å²) in [5.41, 5.74) is 5.56. The van der Waals surface area contributed by atoms with Gasteiger partial charge in [0.15, 0.2) is 0 Å². The number of likely N-dealkylation sites (tertiary alicyclic amines) is 1. The van der Waals surface area contributed by atoms with E-state index in [0.29, 0.717) is 32.5 Å². The van der Waals surface area contributed by atoms with Crippen molar-refractivity contribution in [2.75, 3.05) is 38.3 Å². The molecule has 2 aliphatic rings. The summed E-state index contributed by atoms with van der Waals surface area (Å²) in [7, 11) is 1.73. The minimum atomic E-state index is -1.14. The molecule has 9 heteroatoms. The molecule has 2 N–H and O–H groups in total. The van der Waals surface area contributed by atoms with E-state index in [0.717, 1.165) is 50.0 Å². The highest BCUT2D eigenvalue weighted by Crippen LogP contribution is 2.36. The Hall–Kier alpha value is -3.85. The zero-order valence-electron chi connectivity index (χ0n) is 24.7. The van der Waals surface area contributed by atoms with Gasteiger partial charge in [0.2, 0.25) is 11.8 Å². The average Bonchev–Trinajstić information content (AvgIpc) is 3.54. The molecule has 2 aromatic carbocycles. The van der Waals surface area contributed by atoms with Crippen LogP contribution in [-0.4, -0.2) is 71.9 Å². The lowest BCUT2D eigenvalue weighted by Crippen LogP contribution is -2.44. The molecule has 3 amide bonds. The minimum absolute atomic E-state index is 0.0302. The van der Waals surface area contributed by atoms with Crippen LogP contribution in [0.2, 0.25) is 0 Å². The van der Waals surface area contributed by atoms with Crippen LogP contribution in [0.3, 0.4) is 0 Å². The number of carboxylic acid groups (broad SMARTS) is 1. The highest BCUT2D eigenvalue weighted by molar-refractivity contribution is 5.95. The summed E-state index contributed by atoms with van der Waals surface area (Å²) >= 11 is 0. The van der Waals surface area contributed by atoms with Gasteiger partial charge in [-0.05, 0) is 68.4 Å². The Bertz CT molecular complexity index is 1420. The molecule has 0 saturated carbocycles. The predicted octanol–water partition coefficient (Wildman–Crippen LogP) is 5.09. The first-order chi connectivity index (χ1) is 20.4. The fourth-order valence-corrected chi connectivity index (χ4v) is 6.76. The Morgan fingerprint density at radius 1 is 1.10 bits per heavy atom. The number of fused-ring (bicyclic) bond motifs is 1. The largest absolute Gasteiger partial charge is 0.465 e. The van der Waals surface area contributed by atoms with Crippen molar-refractivity contribution in [1.82, 2.24) is 14.8 Å². The van der Waals surface area contributed by atoms with Crippen molar-refractivity contribution in [2.24, 2.45) is 0 Å². The van der Waals surface area contributed by atoms with Crippen molar-refractivity contribution >= 4 is 34.5 Å². The lowest BCUT2D eigenvalue weighted by molar-refractivity contribution is -0.133. The molecule has 5 rings (SSSR count). The van der Waals surface area contributed by atoms with Gasteiger partial charge in [-0.1, -0.05) is 30.3 Å². The number of nitrogens with zero attached hydrogens (tertiary/aromatic N) is 3. The number of anilines is 1. The molecular weight excluding hydrogens is 532 g/mol. The van der Waals surface area contributed by atoms with Gasteiger partial charge in [-0.15, -0.1) is 0 Å². The zero-order chi connectivity index (χ0) is 29.6. The van der Waals surface area contributed by atoms with Crippen molar-refractivity contribution in [3.05, 3.63) is 65.4 Å². The van der Waals surface area contributed by atoms with Gasteiger partial charge in [0.05, 0.1) is 0 Å². The molecule has 0 radical (unpaired) electrons. The van der Waals surface area contributed by atoms with E-state index in [9.17, 15) is 19.5 Å². The van der Waals surface area contributed by atoms with Crippen LogP contribution >= 0.6 is 0 Å². The van der Waals surface area contributed by atoms with Crippen molar-refractivity contribution in [2.45, 2.75) is 70.4 Å². The van der Waals surface area contributed by atoms with Crippen molar-refractivity contribution in [3.63, 3.8) is 0 Å². The number of methoxy groups -OCH3 is 1. The summed E-state index contributed by atoms with van der Waals surface area (Å²) in [6, 6.07) is 15.6. The lowest BCUT2D eigenvalue weighted by atomic mass is 9.91. The fraction of sp³-hybridized carbons (Fsp3) is 0.485. The summed E-state index contributed by atoms with van der Waals surface area (Å²) < 4.78 is 7.74. The van der Waals surface area contributed by atoms with Crippen molar-refractivity contribution < 1.29 is 24.2 Å². The molecule has 2 atom stereocenters. The molecule has 2 saturated heterocycles. The molecule has 0 bridgehead atoms. The number of rotatable bonds is 11. The molecule has 0 aliphatic carbocycles. The normalized spacial score (nSPS) is 18.0. The first kappa shape index (κ1) is 29.6. The number of piperidine rings is 1. The van der Waals surface area contributed by atoms with Crippen LogP contribution in [0, 0.1) is 6.92 Å². The third kappa shape index (κ3) is 6.62. The minimum Gasteiger partial charge on any atom is -0.465 e. The summed E-state index contributed by atoms with van der Waals surface area (Å²) in [6.07, 6.45) is 3.62. The second kappa shape index (κ2) is 13.4. The molecular formula is C33H42N4O5. The van der Waals surface area contributed by atoms with Crippen LogP contribution in [-0.2, 0) is 27.3 Å². The molecule has 0 spiro atoms. The van der Waals surface area contributed by atoms with E-state index >= 15 is 0 Å². The summed E-state index contributed by atoms with van der Waals surface area (Å²) in [4.78, 5) is 41.0. The van der Waals surface area contributed by atoms with Gasteiger partial charge < -0.3 is 29.5 Å². The zero-order valence-corrected chi connectivity index (χ0v) is 24.7. The first-order valence-corrected chi connectivity index (χ1v) is 15.1. The molecule has 1 unspecified atom stereocenters. The smallest absolute Gasteiger partial charge is 0.404 e. The van der Waals surface area contributed by atoms with E-state index in [2.05, 4.69) is 41.1 Å². The fourth-order valence-electron chi connectivity index (χ4n) is 6.76. The number of aromatic nitrogens is 1. The highest BCUT2D eigenvalue weighted by atomic mass is 16.5. The molecule has 3 aromatic rings. The van der Waals surface area contributed by atoms with Gasteiger partial charge in [-0.3, -0.25) is 9.59 Å². The van der Waals surface area contributed by atoms with Gasteiger partial charge >= 0.3 is 6.09 Å². The number of amides is 3. The van der Waals surface area contributed by atoms with E-state index in [-0.39, 0.29) is 24.2 Å². The average molecular weight is 575 g/mol. The Kier molecular flexibility index (Phi) is 9.47.